The summed E-state index contributed by atoms with van der Waals surface area (Å²) in [6.45, 7) is 3.87. The van der Waals surface area contributed by atoms with Gasteiger partial charge in [-0.1, -0.05) is 0 Å². The summed E-state index contributed by atoms with van der Waals surface area (Å²) in [6.07, 6.45) is -0.458. The fourth-order valence-electron chi connectivity index (χ4n) is 1.97. The molecule has 7 heteroatoms. The Bertz CT molecular complexity index is 510. The number of benzene rings is 1. The molecule has 5 N–H and O–H groups in total. The van der Waals surface area contributed by atoms with E-state index in [1.165, 1.54) is 0 Å². The molecule has 0 aromatic heterocycles. The molecular weight excluding hydrogens is 411 g/mol. The Labute approximate surface area is 147 Å². The maximum absolute atomic E-state index is 12.0. The number of carboxylic acids is 1. The van der Waals surface area contributed by atoms with Crippen molar-refractivity contribution in [3.8, 4) is 0 Å². The molecule has 0 aliphatic carbocycles. The van der Waals surface area contributed by atoms with Gasteiger partial charge in [0.25, 0.3) is 0 Å². The van der Waals surface area contributed by atoms with Gasteiger partial charge in [-0.25, -0.2) is 0 Å². The fraction of sp³-hybridized carbons (Fsp3) is 0.500. The Morgan fingerprint density at radius 1 is 1.26 bits per heavy atom. The normalized spacial score (nSPS) is 15.2. The number of hydrogen-bond acceptors (Lipinski definition) is 4. The molecule has 0 radical (unpaired) electrons. The van der Waals surface area contributed by atoms with E-state index in [9.17, 15) is 14.7 Å². The third-order valence-electron chi connectivity index (χ3n) is 3.21. The van der Waals surface area contributed by atoms with Crippen LogP contribution in [0.25, 0.3) is 0 Å². The fourth-order valence-corrected chi connectivity index (χ4v) is 4.51. The Morgan fingerprint density at radius 3 is 2.39 bits per heavy atom. The molecule has 1 aromatic rings. The van der Waals surface area contributed by atoms with Crippen LogP contribution in [0.5, 0.6) is 0 Å². The second-order valence-corrected chi connectivity index (χ2v) is 8.47. The molecule has 1 amide bonds. The van der Waals surface area contributed by atoms with Crippen LogP contribution in [0.2, 0.25) is 0 Å². The SMILES string of the molecule is CC(C)C[C@@H]([I-]NC(=O)[C@@H](O)[C@H](N)Cc1ccccc1)C(=O)O. The van der Waals surface area contributed by atoms with Gasteiger partial charge >= 0.3 is 147 Å². The summed E-state index contributed by atoms with van der Waals surface area (Å²) < 4.78 is 2.04. The number of halogens is 1. The summed E-state index contributed by atoms with van der Waals surface area (Å²) in [7, 11) is 0. The van der Waals surface area contributed by atoms with Crippen LogP contribution < -0.4 is 30.7 Å². The first-order valence-corrected chi connectivity index (χ1v) is 9.76. The van der Waals surface area contributed by atoms with Crippen LogP contribution in [0.4, 0.5) is 0 Å². The van der Waals surface area contributed by atoms with Crippen LogP contribution in [0, 0.1) is 5.92 Å². The molecule has 0 aliphatic rings. The van der Waals surface area contributed by atoms with E-state index in [4.69, 9.17) is 10.8 Å². The molecule has 0 fully saturated rings. The molecule has 0 saturated carbocycles. The van der Waals surface area contributed by atoms with Gasteiger partial charge in [-0.2, -0.15) is 0 Å². The molecule has 1 rings (SSSR count). The number of hydrogen-bond donors (Lipinski definition) is 4. The van der Waals surface area contributed by atoms with Gasteiger partial charge in [-0.05, 0) is 0 Å². The Balaban J connectivity index is 2.50. The number of nitrogens with one attached hydrogen (secondary N) is 1. The Kier molecular flexibility index (Phi) is 8.49. The molecule has 6 nitrogen and oxygen atoms in total. The first-order valence-electron chi connectivity index (χ1n) is 7.43. The van der Waals surface area contributed by atoms with Crippen LogP contribution in [-0.4, -0.2) is 38.2 Å². The van der Waals surface area contributed by atoms with Crippen molar-refractivity contribution in [1.29, 1.82) is 0 Å². The molecule has 0 unspecified atom stereocenters. The van der Waals surface area contributed by atoms with E-state index in [0.717, 1.165) is 5.56 Å². The monoisotopic (exact) mass is 435 g/mol. The molecule has 23 heavy (non-hydrogen) atoms. The molecule has 0 spiro atoms. The van der Waals surface area contributed by atoms with Crippen LogP contribution in [0.1, 0.15) is 25.8 Å². The predicted molar refractivity (Wildman–Crippen MR) is 83.1 cm³/mol. The number of carbonyl (C=O) groups excluding carboxylic acids is 1. The number of aliphatic carboxylic acids is 1. The number of rotatable bonds is 9. The molecule has 3 atom stereocenters. The van der Waals surface area contributed by atoms with E-state index in [2.05, 4.69) is 3.53 Å². The maximum atomic E-state index is 12.0. The number of amides is 1. The van der Waals surface area contributed by atoms with E-state index >= 15 is 0 Å². The topological polar surface area (TPSA) is 113 Å². The van der Waals surface area contributed by atoms with Crippen molar-refractivity contribution in [2.24, 2.45) is 11.7 Å². The molecule has 0 heterocycles. The first-order chi connectivity index (χ1) is 10.8. The van der Waals surface area contributed by atoms with Gasteiger partial charge in [0, 0.05) is 0 Å². The van der Waals surface area contributed by atoms with Gasteiger partial charge in [0.2, 0.25) is 0 Å². The second kappa shape index (κ2) is 9.84. The number of nitrogens with two attached hydrogens (primary N) is 1. The molecule has 0 aliphatic heterocycles. The summed E-state index contributed by atoms with van der Waals surface area (Å²) in [5, 5.41) is 19.2. The third-order valence-corrected chi connectivity index (χ3v) is 5.85. The second-order valence-electron chi connectivity index (χ2n) is 5.80. The number of alkyl halides is 1. The van der Waals surface area contributed by atoms with Gasteiger partial charge in [0.15, 0.2) is 0 Å². The minimum atomic E-state index is -1.34. The molecule has 130 valence electrons. The van der Waals surface area contributed by atoms with Crippen molar-refractivity contribution in [2.75, 3.05) is 0 Å². The van der Waals surface area contributed by atoms with Crippen molar-refractivity contribution >= 4 is 11.9 Å². The zero-order chi connectivity index (χ0) is 17.4. The number of carbonyl (C=O) groups is 2. The zero-order valence-electron chi connectivity index (χ0n) is 13.3. The number of aliphatic hydroxyl groups is 1. The minimum absolute atomic E-state index is 0.234. The van der Waals surface area contributed by atoms with Gasteiger partial charge in [-0.15, -0.1) is 0 Å². The molecule has 0 saturated heterocycles. The first kappa shape index (κ1) is 19.9. The average Bonchev–Trinajstić information content (AvgIpc) is 2.50. The van der Waals surface area contributed by atoms with Crippen molar-refractivity contribution in [3.05, 3.63) is 35.9 Å². The van der Waals surface area contributed by atoms with Crippen LogP contribution in [0.3, 0.4) is 0 Å². The van der Waals surface area contributed by atoms with Crippen molar-refractivity contribution in [2.45, 2.75) is 42.8 Å². The van der Waals surface area contributed by atoms with E-state index < -0.39 is 49.4 Å². The summed E-state index contributed by atoms with van der Waals surface area (Å²) in [5.74, 6) is -1.26. The summed E-state index contributed by atoms with van der Waals surface area (Å²) in [6, 6.07) is 8.63. The van der Waals surface area contributed by atoms with Gasteiger partial charge in [0.1, 0.15) is 0 Å². The van der Waals surface area contributed by atoms with E-state index in [1.54, 1.807) is 0 Å². The average molecular weight is 435 g/mol. The van der Waals surface area contributed by atoms with E-state index in [0.29, 0.717) is 12.8 Å². The summed E-state index contributed by atoms with van der Waals surface area (Å²) in [4.78, 5) is 23.2. The third kappa shape index (κ3) is 7.28. The van der Waals surface area contributed by atoms with E-state index in [1.807, 2.05) is 44.2 Å². The summed E-state index contributed by atoms with van der Waals surface area (Å²) in [5.41, 5.74) is 6.82. The predicted octanol–water partition coefficient (Wildman–Crippen LogP) is -2.46. The summed E-state index contributed by atoms with van der Waals surface area (Å²) >= 11 is -1.09. The van der Waals surface area contributed by atoms with Gasteiger partial charge < -0.3 is 0 Å². The standard InChI is InChI=1S/C16H24IN2O4/c1-10(2)8-12(16(22)23)17-19-15(21)14(20)13(18)9-11-6-4-3-5-7-11/h3-7,10,12-14,20H,8-9,18H2,1-2H3,(H,19,21)(H,22,23)/q-1/t12-,13-,14+/m1/s1. The molecular formula is C16H24IN2O4-. The van der Waals surface area contributed by atoms with Crippen molar-refractivity contribution < 1.29 is 41.3 Å². The van der Waals surface area contributed by atoms with Crippen LogP contribution >= 0.6 is 0 Å². The van der Waals surface area contributed by atoms with Crippen LogP contribution in [-0.2, 0) is 16.0 Å². The van der Waals surface area contributed by atoms with Crippen molar-refractivity contribution in [3.63, 3.8) is 0 Å². The Morgan fingerprint density at radius 2 is 1.87 bits per heavy atom. The van der Waals surface area contributed by atoms with E-state index in [-0.39, 0.29) is 5.92 Å². The van der Waals surface area contributed by atoms with Crippen molar-refractivity contribution in [1.82, 2.24) is 3.53 Å². The van der Waals surface area contributed by atoms with Crippen LogP contribution in [0.15, 0.2) is 30.3 Å². The van der Waals surface area contributed by atoms with Gasteiger partial charge in [0.05, 0.1) is 0 Å². The number of aliphatic hydroxyl groups excluding tert-OH is 1. The Hall–Kier alpha value is -1.19. The molecule has 1 aromatic carbocycles. The quantitative estimate of drug-likeness (QED) is 0.195. The number of carboxylic acid groups (broad SMARTS) is 1. The zero-order valence-corrected chi connectivity index (χ0v) is 15.4. The van der Waals surface area contributed by atoms with Gasteiger partial charge in [-0.3, -0.25) is 0 Å². The molecule has 0 bridgehead atoms.